The quantitative estimate of drug-likeness (QED) is 0.789. The van der Waals surface area contributed by atoms with Gasteiger partial charge in [0.2, 0.25) is 5.91 Å². The van der Waals surface area contributed by atoms with Crippen LogP contribution >= 0.6 is 0 Å². The van der Waals surface area contributed by atoms with E-state index < -0.39 is 0 Å². The molecule has 1 unspecified atom stereocenters. The first kappa shape index (κ1) is 14.5. The van der Waals surface area contributed by atoms with Crippen LogP contribution in [0.4, 0.5) is 5.69 Å². The van der Waals surface area contributed by atoms with Crippen LogP contribution < -0.4 is 4.90 Å². The van der Waals surface area contributed by atoms with Crippen molar-refractivity contribution in [3.05, 3.63) is 29.3 Å². The zero-order valence-corrected chi connectivity index (χ0v) is 12.3. The van der Waals surface area contributed by atoms with E-state index >= 15 is 0 Å². The molecule has 1 aliphatic heterocycles. The third-order valence-electron chi connectivity index (χ3n) is 3.93. The molecule has 0 saturated carbocycles. The topological polar surface area (TPSA) is 49.9 Å². The van der Waals surface area contributed by atoms with Crippen molar-refractivity contribution in [3.8, 4) is 0 Å². The largest absolute Gasteiger partial charge is 0.311 e. The molecule has 0 spiro atoms. The highest BCUT2D eigenvalue weighted by Crippen LogP contribution is 2.29. The Labute approximate surface area is 119 Å². The molecule has 0 bridgehead atoms. The highest BCUT2D eigenvalue weighted by Gasteiger charge is 2.37. The summed E-state index contributed by atoms with van der Waals surface area (Å²) >= 11 is 0. The molecule has 1 aliphatic rings. The molecule has 1 aromatic carbocycles. The van der Waals surface area contributed by atoms with E-state index in [4.69, 9.17) is 4.84 Å². The fourth-order valence-corrected chi connectivity index (χ4v) is 2.48. The molecule has 2 rings (SSSR count). The molecule has 0 aliphatic carbocycles. The number of hydrogen-bond acceptors (Lipinski definition) is 3. The van der Waals surface area contributed by atoms with Crippen molar-refractivity contribution in [2.75, 3.05) is 25.6 Å². The molecular weight excluding hydrogens is 256 g/mol. The van der Waals surface area contributed by atoms with Gasteiger partial charge in [-0.2, -0.15) is 0 Å². The molecule has 2 amide bonds. The van der Waals surface area contributed by atoms with E-state index in [-0.39, 0.29) is 24.2 Å². The number of amides is 2. The Hall–Kier alpha value is -1.88. The van der Waals surface area contributed by atoms with Crippen molar-refractivity contribution in [2.45, 2.75) is 20.3 Å². The molecular formula is C15H20N2O3. The van der Waals surface area contributed by atoms with Crippen LogP contribution in [-0.2, 0) is 14.4 Å². The monoisotopic (exact) mass is 276 g/mol. The summed E-state index contributed by atoms with van der Waals surface area (Å²) in [7, 11) is 3.00. The summed E-state index contributed by atoms with van der Waals surface area (Å²) in [5.74, 6) is -0.512. The molecule has 20 heavy (non-hydrogen) atoms. The van der Waals surface area contributed by atoms with E-state index in [1.807, 2.05) is 32.0 Å². The second-order valence-electron chi connectivity index (χ2n) is 5.14. The van der Waals surface area contributed by atoms with Gasteiger partial charge in [0.15, 0.2) is 0 Å². The summed E-state index contributed by atoms with van der Waals surface area (Å²) in [5, 5.41) is 1.19. The predicted octanol–water partition coefficient (Wildman–Crippen LogP) is 1.68. The number of nitrogens with zero attached hydrogens (tertiary/aromatic N) is 2. The summed E-state index contributed by atoms with van der Waals surface area (Å²) in [4.78, 5) is 30.9. The summed E-state index contributed by atoms with van der Waals surface area (Å²) < 4.78 is 0. The molecule has 1 aromatic rings. The first-order valence-electron chi connectivity index (χ1n) is 6.64. The van der Waals surface area contributed by atoms with Gasteiger partial charge in [-0.15, -0.1) is 0 Å². The van der Waals surface area contributed by atoms with Gasteiger partial charge < -0.3 is 4.90 Å². The summed E-state index contributed by atoms with van der Waals surface area (Å²) in [6.45, 7) is 4.42. The molecule has 108 valence electrons. The fourth-order valence-electron chi connectivity index (χ4n) is 2.48. The van der Waals surface area contributed by atoms with Crippen LogP contribution in [0.3, 0.4) is 0 Å². The maximum atomic E-state index is 12.2. The predicted molar refractivity (Wildman–Crippen MR) is 76.2 cm³/mol. The van der Waals surface area contributed by atoms with Gasteiger partial charge in [-0.1, -0.05) is 12.1 Å². The zero-order chi connectivity index (χ0) is 14.9. The zero-order valence-electron chi connectivity index (χ0n) is 12.3. The Kier molecular flexibility index (Phi) is 4.09. The standard InChI is InChI=1S/C15H20N2O3/c1-10-6-5-7-13(11(10)2)17-9-12(8-14(17)18)15(19)16(3)20-4/h5-7,12H,8-9H2,1-4H3. The minimum absolute atomic E-state index is 0.0125. The Morgan fingerprint density at radius 2 is 2.10 bits per heavy atom. The number of aryl methyl sites for hydroxylation is 1. The lowest BCUT2D eigenvalue weighted by atomic mass is 10.1. The Balaban J connectivity index is 2.22. The number of hydroxylamine groups is 2. The Morgan fingerprint density at radius 1 is 1.40 bits per heavy atom. The molecule has 0 N–H and O–H groups in total. The Morgan fingerprint density at radius 3 is 2.75 bits per heavy atom. The lowest BCUT2D eigenvalue weighted by molar-refractivity contribution is -0.172. The summed E-state index contributed by atoms with van der Waals surface area (Å²) in [6.07, 6.45) is 0.236. The van der Waals surface area contributed by atoms with Crippen molar-refractivity contribution in [3.63, 3.8) is 0 Å². The third kappa shape index (κ3) is 2.54. The van der Waals surface area contributed by atoms with E-state index in [9.17, 15) is 9.59 Å². The second kappa shape index (κ2) is 5.63. The van der Waals surface area contributed by atoms with Crippen LogP contribution in [0, 0.1) is 19.8 Å². The summed E-state index contributed by atoms with van der Waals surface area (Å²) in [5.41, 5.74) is 3.11. The van der Waals surface area contributed by atoms with Gasteiger partial charge >= 0.3 is 0 Å². The molecule has 1 saturated heterocycles. The number of benzene rings is 1. The van der Waals surface area contributed by atoms with Crippen LogP contribution in [0.5, 0.6) is 0 Å². The minimum atomic E-state index is -0.340. The van der Waals surface area contributed by atoms with Crippen molar-refractivity contribution in [1.82, 2.24) is 5.06 Å². The van der Waals surface area contributed by atoms with Crippen molar-refractivity contribution >= 4 is 17.5 Å². The van der Waals surface area contributed by atoms with Gasteiger partial charge in [-0.3, -0.25) is 14.4 Å². The normalized spacial score (nSPS) is 18.5. The van der Waals surface area contributed by atoms with Crippen molar-refractivity contribution in [1.29, 1.82) is 0 Å². The molecule has 5 nitrogen and oxygen atoms in total. The van der Waals surface area contributed by atoms with Crippen molar-refractivity contribution in [2.24, 2.45) is 5.92 Å². The lowest BCUT2D eigenvalue weighted by Crippen LogP contribution is -2.34. The Bertz CT molecular complexity index is 542. The van der Waals surface area contributed by atoms with Crippen LogP contribution in [-0.4, -0.2) is 37.6 Å². The smallest absolute Gasteiger partial charge is 0.251 e. The number of hydrogen-bond donors (Lipinski definition) is 0. The van der Waals surface area contributed by atoms with E-state index in [1.165, 1.54) is 12.2 Å². The van der Waals surface area contributed by atoms with Gasteiger partial charge in [-0.05, 0) is 31.0 Å². The lowest BCUT2D eigenvalue weighted by Gasteiger charge is -2.21. The van der Waals surface area contributed by atoms with Crippen LogP contribution in [0.25, 0.3) is 0 Å². The van der Waals surface area contributed by atoms with Crippen molar-refractivity contribution < 1.29 is 14.4 Å². The van der Waals surface area contributed by atoms with Crippen LogP contribution in [0.2, 0.25) is 0 Å². The van der Waals surface area contributed by atoms with Gasteiger partial charge in [0.1, 0.15) is 0 Å². The van der Waals surface area contributed by atoms with Crippen LogP contribution in [0.1, 0.15) is 17.5 Å². The molecule has 1 atom stereocenters. The molecule has 0 radical (unpaired) electrons. The SMILES string of the molecule is CON(C)C(=O)C1CC(=O)N(c2cccc(C)c2C)C1. The van der Waals surface area contributed by atoms with Gasteiger partial charge in [-0.25, -0.2) is 5.06 Å². The van der Waals surface area contributed by atoms with E-state index in [0.717, 1.165) is 16.8 Å². The second-order valence-corrected chi connectivity index (χ2v) is 5.14. The van der Waals surface area contributed by atoms with Gasteiger partial charge in [0, 0.05) is 25.7 Å². The van der Waals surface area contributed by atoms with E-state index in [0.29, 0.717) is 6.54 Å². The maximum Gasteiger partial charge on any atom is 0.251 e. The highest BCUT2D eigenvalue weighted by molar-refractivity contribution is 6.00. The van der Waals surface area contributed by atoms with E-state index in [1.54, 1.807) is 11.9 Å². The minimum Gasteiger partial charge on any atom is -0.311 e. The van der Waals surface area contributed by atoms with Gasteiger partial charge in [0.25, 0.3) is 5.91 Å². The van der Waals surface area contributed by atoms with Crippen LogP contribution in [0.15, 0.2) is 18.2 Å². The average molecular weight is 276 g/mol. The highest BCUT2D eigenvalue weighted by atomic mass is 16.7. The first-order chi connectivity index (χ1) is 9.45. The molecule has 0 aromatic heterocycles. The first-order valence-corrected chi connectivity index (χ1v) is 6.64. The number of carbonyl (C=O) groups excluding carboxylic acids is 2. The van der Waals surface area contributed by atoms with E-state index in [2.05, 4.69) is 0 Å². The summed E-state index contributed by atoms with van der Waals surface area (Å²) in [6, 6.07) is 5.87. The fraction of sp³-hybridized carbons (Fsp3) is 0.467. The number of carbonyl (C=O) groups is 2. The van der Waals surface area contributed by atoms with Gasteiger partial charge in [0.05, 0.1) is 13.0 Å². The number of anilines is 1. The third-order valence-corrected chi connectivity index (χ3v) is 3.93. The molecule has 5 heteroatoms. The molecule has 1 fully saturated rings. The number of rotatable bonds is 3. The average Bonchev–Trinajstić information content (AvgIpc) is 2.82. The maximum absolute atomic E-state index is 12.2. The molecule has 1 heterocycles.